The highest BCUT2D eigenvalue weighted by molar-refractivity contribution is 6.32. The molecule has 0 N–H and O–H groups in total. The minimum atomic E-state index is -0.460. The highest BCUT2D eigenvalue weighted by Gasteiger charge is 2.10. The summed E-state index contributed by atoms with van der Waals surface area (Å²) in [5, 5.41) is 0.265. The molecule has 0 bridgehead atoms. The topological polar surface area (TPSA) is 9.23 Å². The number of hydrogen-bond acceptors (Lipinski definition) is 1. The standard InChI is InChI=1S/C11H10ClFO/c1-3-4-5-8-6-7-9(12)11(14-2)10(8)13/h3-7H,1H2,2H3/b5-4+. The zero-order valence-electron chi connectivity index (χ0n) is 7.76. The van der Waals surface area contributed by atoms with Crippen molar-refractivity contribution < 1.29 is 9.13 Å². The summed E-state index contributed by atoms with van der Waals surface area (Å²) in [6.45, 7) is 3.50. The molecule has 0 radical (unpaired) electrons. The largest absolute Gasteiger partial charge is 0.492 e. The second-order valence-corrected chi connectivity index (χ2v) is 2.99. The van der Waals surface area contributed by atoms with Crippen molar-refractivity contribution in [3.8, 4) is 5.75 Å². The van der Waals surface area contributed by atoms with Crippen molar-refractivity contribution in [3.63, 3.8) is 0 Å². The lowest BCUT2D eigenvalue weighted by Gasteiger charge is -2.05. The van der Waals surface area contributed by atoms with Crippen LogP contribution in [0.4, 0.5) is 4.39 Å². The van der Waals surface area contributed by atoms with Gasteiger partial charge >= 0.3 is 0 Å². The molecule has 1 aromatic rings. The fourth-order valence-corrected chi connectivity index (χ4v) is 1.26. The minimum Gasteiger partial charge on any atom is -0.492 e. The number of halogens is 2. The van der Waals surface area contributed by atoms with Crippen LogP contribution >= 0.6 is 11.6 Å². The highest BCUT2D eigenvalue weighted by Crippen LogP contribution is 2.30. The summed E-state index contributed by atoms with van der Waals surface area (Å²) >= 11 is 5.73. The van der Waals surface area contributed by atoms with E-state index >= 15 is 0 Å². The third-order valence-corrected chi connectivity index (χ3v) is 1.99. The van der Waals surface area contributed by atoms with Crippen molar-refractivity contribution in [1.82, 2.24) is 0 Å². The van der Waals surface area contributed by atoms with Gasteiger partial charge in [0.1, 0.15) is 0 Å². The van der Waals surface area contributed by atoms with Crippen molar-refractivity contribution in [2.24, 2.45) is 0 Å². The quantitative estimate of drug-likeness (QED) is 0.695. The summed E-state index contributed by atoms with van der Waals surface area (Å²) in [4.78, 5) is 0. The molecule has 0 saturated heterocycles. The molecule has 1 nitrogen and oxygen atoms in total. The van der Waals surface area contributed by atoms with Gasteiger partial charge in [-0.25, -0.2) is 4.39 Å². The van der Waals surface area contributed by atoms with Crippen LogP contribution in [0.1, 0.15) is 5.56 Å². The highest BCUT2D eigenvalue weighted by atomic mass is 35.5. The lowest BCUT2D eigenvalue weighted by atomic mass is 10.2. The van der Waals surface area contributed by atoms with Crippen LogP contribution in [0.2, 0.25) is 5.02 Å². The number of allylic oxidation sites excluding steroid dienone is 2. The molecule has 74 valence electrons. The third-order valence-electron chi connectivity index (χ3n) is 1.69. The molecule has 0 heterocycles. The van der Waals surface area contributed by atoms with E-state index in [9.17, 15) is 4.39 Å². The molecule has 0 aliphatic carbocycles. The van der Waals surface area contributed by atoms with Gasteiger partial charge in [0.05, 0.1) is 12.1 Å². The zero-order valence-corrected chi connectivity index (χ0v) is 8.51. The molecular weight excluding hydrogens is 203 g/mol. The summed E-state index contributed by atoms with van der Waals surface area (Å²) in [6.07, 6.45) is 4.81. The van der Waals surface area contributed by atoms with Gasteiger partial charge in [-0.2, -0.15) is 0 Å². The van der Waals surface area contributed by atoms with E-state index in [-0.39, 0.29) is 10.8 Å². The van der Waals surface area contributed by atoms with Gasteiger partial charge in [-0.05, 0) is 6.07 Å². The molecular formula is C11H10ClFO. The second kappa shape index (κ2) is 4.82. The maximum absolute atomic E-state index is 13.6. The van der Waals surface area contributed by atoms with E-state index in [1.165, 1.54) is 7.11 Å². The first kappa shape index (κ1) is 10.8. The minimum absolute atomic E-state index is 0.0675. The molecule has 0 aliphatic heterocycles. The van der Waals surface area contributed by atoms with Crippen LogP contribution < -0.4 is 4.74 Å². The lowest BCUT2D eigenvalue weighted by molar-refractivity contribution is 0.386. The monoisotopic (exact) mass is 212 g/mol. The van der Waals surface area contributed by atoms with E-state index in [0.717, 1.165) is 0 Å². The second-order valence-electron chi connectivity index (χ2n) is 2.58. The summed E-state index contributed by atoms with van der Waals surface area (Å²) < 4.78 is 18.4. The van der Waals surface area contributed by atoms with Crippen LogP contribution in [-0.4, -0.2) is 7.11 Å². The molecule has 0 atom stereocenters. The Kier molecular flexibility index (Phi) is 3.72. The van der Waals surface area contributed by atoms with Gasteiger partial charge in [-0.1, -0.05) is 42.5 Å². The Balaban J connectivity index is 3.20. The van der Waals surface area contributed by atoms with Gasteiger partial charge in [-0.15, -0.1) is 0 Å². The normalized spacial score (nSPS) is 10.5. The molecule has 1 rings (SSSR count). The van der Waals surface area contributed by atoms with E-state index < -0.39 is 5.82 Å². The van der Waals surface area contributed by atoms with Gasteiger partial charge in [-0.3, -0.25) is 0 Å². The lowest BCUT2D eigenvalue weighted by Crippen LogP contribution is -1.91. The van der Waals surface area contributed by atoms with Crippen molar-refractivity contribution in [3.05, 3.63) is 47.3 Å². The van der Waals surface area contributed by atoms with E-state index in [0.29, 0.717) is 5.56 Å². The van der Waals surface area contributed by atoms with Crippen LogP contribution in [0, 0.1) is 5.82 Å². The maximum Gasteiger partial charge on any atom is 0.173 e. The Morgan fingerprint density at radius 2 is 2.21 bits per heavy atom. The van der Waals surface area contributed by atoms with E-state index in [1.54, 1.807) is 30.4 Å². The zero-order chi connectivity index (χ0) is 10.6. The number of rotatable bonds is 3. The van der Waals surface area contributed by atoms with Gasteiger partial charge in [0, 0.05) is 5.56 Å². The maximum atomic E-state index is 13.6. The fraction of sp³-hybridized carbons (Fsp3) is 0.0909. The summed E-state index contributed by atoms with van der Waals surface area (Å²) in [7, 11) is 1.38. The van der Waals surface area contributed by atoms with Gasteiger partial charge in [0.15, 0.2) is 11.6 Å². The SMILES string of the molecule is C=C/C=C/c1ccc(Cl)c(OC)c1F. The molecule has 0 unspecified atom stereocenters. The Bertz CT molecular complexity index is 372. The van der Waals surface area contributed by atoms with Crippen LogP contribution in [0.3, 0.4) is 0 Å². The summed E-state index contributed by atoms with van der Waals surface area (Å²) in [5.74, 6) is -0.393. The Morgan fingerprint density at radius 1 is 1.50 bits per heavy atom. The first-order valence-electron chi connectivity index (χ1n) is 4.01. The molecule has 0 amide bonds. The Morgan fingerprint density at radius 3 is 2.79 bits per heavy atom. The van der Waals surface area contributed by atoms with Crippen molar-refractivity contribution in [1.29, 1.82) is 0 Å². The average molecular weight is 213 g/mol. The number of benzene rings is 1. The van der Waals surface area contributed by atoms with E-state index in [2.05, 4.69) is 6.58 Å². The summed E-state index contributed by atoms with van der Waals surface area (Å²) in [5.41, 5.74) is 0.422. The van der Waals surface area contributed by atoms with Crippen LogP contribution in [0.15, 0.2) is 30.9 Å². The van der Waals surface area contributed by atoms with Crippen LogP contribution in [0.5, 0.6) is 5.75 Å². The van der Waals surface area contributed by atoms with Gasteiger partial charge in [0.25, 0.3) is 0 Å². The number of ether oxygens (including phenoxy) is 1. The predicted octanol–water partition coefficient (Wildman–Crippen LogP) is 3.69. The predicted molar refractivity (Wildman–Crippen MR) is 57.2 cm³/mol. The Labute approximate surface area is 87.5 Å². The van der Waals surface area contributed by atoms with Crippen LogP contribution in [0.25, 0.3) is 6.08 Å². The third kappa shape index (κ3) is 2.15. The van der Waals surface area contributed by atoms with Crippen molar-refractivity contribution >= 4 is 17.7 Å². The average Bonchev–Trinajstić information content (AvgIpc) is 2.18. The molecule has 14 heavy (non-hydrogen) atoms. The number of methoxy groups -OCH3 is 1. The molecule has 0 saturated carbocycles. The smallest absolute Gasteiger partial charge is 0.173 e. The molecule has 0 aliphatic rings. The Hall–Kier alpha value is -1.28. The molecule has 0 aromatic heterocycles. The molecule has 3 heteroatoms. The van der Waals surface area contributed by atoms with Crippen molar-refractivity contribution in [2.45, 2.75) is 0 Å². The van der Waals surface area contributed by atoms with Gasteiger partial charge < -0.3 is 4.74 Å². The summed E-state index contributed by atoms with van der Waals surface area (Å²) in [6, 6.07) is 3.17. The van der Waals surface area contributed by atoms with Gasteiger partial charge in [0.2, 0.25) is 0 Å². The first-order chi connectivity index (χ1) is 6.70. The number of hydrogen-bond donors (Lipinski definition) is 0. The molecule has 0 spiro atoms. The fourth-order valence-electron chi connectivity index (χ4n) is 1.04. The molecule has 0 fully saturated rings. The van der Waals surface area contributed by atoms with E-state index in [1.807, 2.05) is 0 Å². The molecule has 1 aromatic carbocycles. The van der Waals surface area contributed by atoms with Crippen molar-refractivity contribution in [2.75, 3.05) is 7.11 Å². The van der Waals surface area contributed by atoms with E-state index in [4.69, 9.17) is 16.3 Å². The van der Waals surface area contributed by atoms with Crippen LogP contribution in [-0.2, 0) is 0 Å². The first-order valence-corrected chi connectivity index (χ1v) is 4.39.